The van der Waals surface area contributed by atoms with Crippen LogP contribution >= 0.6 is 23.4 Å². The van der Waals surface area contributed by atoms with E-state index in [0.717, 1.165) is 23.6 Å². The van der Waals surface area contributed by atoms with Gasteiger partial charge in [0, 0.05) is 21.2 Å². The maximum atomic E-state index is 6.33. The van der Waals surface area contributed by atoms with Crippen molar-refractivity contribution in [2.24, 2.45) is 5.73 Å². The van der Waals surface area contributed by atoms with Crippen molar-refractivity contribution in [3.63, 3.8) is 0 Å². The summed E-state index contributed by atoms with van der Waals surface area (Å²) in [4.78, 5) is 1.26. The molecule has 0 radical (unpaired) electrons. The van der Waals surface area contributed by atoms with Gasteiger partial charge in [0.25, 0.3) is 0 Å². The van der Waals surface area contributed by atoms with Crippen LogP contribution in [0, 0.1) is 0 Å². The van der Waals surface area contributed by atoms with Crippen molar-refractivity contribution in [1.82, 2.24) is 0 Å². The summed E-state index contributed by atoms with van der Waals surface area (Å²) in [5, 5.41) is 0.774. The molecule has 0 heterocycles. The largest absolute Gasteiger partial charge is 0.321 e. The zero-order chi connectivity index (χ0) is 13.3. The van der Waals surface area contributed by atoms with E-state index < -0.39 is 0 Å². The Balaban J connectivity index is 1.81. The summed E-state index contributed by atoms with van der Waals surface area (Å²) in [5.41, 5.74) is 8.74. The molecule has 3 heteroatoms. The lowest BCUT2D eigenvalue weighted by atomic mass is 10.1. The Hall–Kier alpha value is -0.960. The van der Waals surface area contributed by atoms with E-state index in [1.54, 1.807) is 0 Å². The molecular weight excluding hydrogens is 274 g/mol. The Bertz CT molecular complexity index is 579. The average molecular weight is 290 g/mol. The first-order valence-corrected chi connectivity index (χ1v) is 7.79. The molecular formula is C16H16ClNS. The van der Waals surface area contributed by atoms with Gasteiger partial charge in [-0.15, -0.1) is 11.8 Å². The summed E-state index contributed by atoms with van der Waals surface area (Å²) in [6.07, 6.45) is 2.12. The van der Waals surface area contributed by atoms with Gasteiger partial charge in [-0.1, -0.05) is 41.9 Å². The van der Waals surface area contributed by atoms with E-state index in [2.05, 4.69) is 30.3 Å². The van der Waals surface area contributed by atoms with Crippen molar-refractivity contribution in [2.45, 2.75) is 29.0 Å². The van der Waals surface area contributed by atoms with Crippen molar-refractivity contribution >= 4 is 23.4 Å². The van der Waals surface area contributed by atoms with Crippen LogP contribution in [0.1, 0.15) is 24.0 Å². The van der Waals surface area contributed by atoms with Crippen molar-refractivity contribution in [3.05, 3.63) is 64.7 Å². The second kappa shape index (κ2) is 5.20. The molecule has 2 N–H and O–H groups in total. The highest BCUT2D eigenvalue weighted by atomic mass is 35.5. The second-order valence-electron chi connectivity index (χ2n) is 5.07. The zero-order valence-electron chi connectivity index (χ0n) is 10.6. The monoisotopic (exact) mass is 289 g/mol. The second-order valence-corrected chi connectivity index (χ2v) is 6.52. The maximum absolute atomic E-state index is 6.33. The molecule has 0 unspecified atom stereocenters. The van der Waals surface area contributed by atoms with Gasteiger partial charge in [-0.25, -0.2) is 0 Å². The van der Waals surface area contributed by atoms with Crippen LogP contribution in [-0.4, -0.2) is 0 Å². The van der Waals surface area contributed by atoms with Crippen molar-refractivity contribution in [2.75, 3.05) is 0 Å². The lowest BCUT2D eigenvalue weighted by Gasteiger charge is -2.15. The smallest absolute Gasteiger partial charge is 0.0422 e. The van der Waals surface area contributed by atoms with Gasteiger partial charge < -0.3 is 5.73 Å². The van der Waals surface area contributed by atoms with Gasteiger partial charge in [0.15, 0.2) is 0 Å². The molecule has 0 aliphatic heterocycles. The standard InChI is InChI=1S/C16H16ClNS/c17-13-6-7-15(14(10-13)16(18)8-9-16)19-11-12-4-2-1-3-5-12/h1-7,10H,8-9,11,18H2. The fourth-order valence-corrected chi connectivity index (χ4v) is 3.43. The van der Waals surface area contributed by atoms with E-state index in [4.69, 9.17) is 17.3 Å². The Kier molecular flexibility index (Phi) is 3.57. The van der Waals surface area contributed by atoms with Crippen molar-refractivity contribution < 1.29 is 0 Å². The summed E-state index contributed by atoms with van der Waals surface area (Å²) in [5.74, 6) is 0.964. The lowest BCUT2D eigenvalue weighted by molar-refractivity contribution is 0.722. The van der Waals surface area contributed by atoms with Crippen LogP contribution in [-0.2, 0) is 11.3 Å². The fourth-order valence-electron chi connectivity index (χ4n) is 2.16. The van der Waals surface area contributed by atoms with E-state index in [0.29, 0.717) is 0 Å². The quantitative estimate of drug-likeness (QED) is 0.834. The molecule has 1 fully saturated rings. The van der Waals surface area contributed by atoms with E-state index in [-0.39, 0.29) is 5.54 Å². The third-order valence-electron chi connectivity index (χ3n) is 3.50. The molecule has 0 spiro atoms. The van der Waals surface area contributed by atoms with E-state index >= 15 is 0 Å². The highest BCUT2D eigenvalue weighted by Crippen LogP contribution is 2.47. The van der Waals surface area contributed by atoms with E-state index in [9.17, 15) is 0 Å². The molecule has 3 rings (SSSR count). The predicted octanol–water partition coefficient (Wildman–Crippen LogP) is 4.58. The summed E-state index contributed by atoms with van der Waals surface area (Å²) in [6.45, 7) is 0. The van der Waals surface area contributed by atoms with Gasteiger partial charge in [0.2, 0.25) is 0 Å². The Morgan fingerprint density at radius 2 is 1.84 bits per heavy atom. The van der Waals surface area contributed by atoms with E-state index in [1.807, 2.05) is 30.0 Å². The molecule has 1 nitrogen and oxygen atoms in total. The van der Waals surface area contributed by atoms with Crippen molar-refractivity contribution in [1.29, 1.82) is 0 Å². The zero-order valence-corrected chi connectivity index (χ0v) is 12.2. The third kappa shape index (κ3) is 2.97. The Morgan fingerprint density at radius 1 is 1.11 bits per heavy atom. The summed E-state index contributed by atoms with van der Waals surface area (Å²) in [6, 6.07) is 16.6. The molecule has 0 amide bonds. The molecule has 2 aromatic rings. The molecule has 1 saturated carbocycles. The number of halogens is 1. The number of nitrogens with two attached hydrogens (primary N) is 1. The normalized spacial score (nSPS) is 16.3. The minimum absolute atomic E-state index is 0.135. The number of hydrogen-bond acceptors (Lipinski definition) is 2. The SMILES string of the molecule is NC1(c2cc(Cl)ccc2SCc2ccccc2)CC1. The van der Waals surface area contributed by atoms with Crippen LogP contribution < -0.4 is 5.73 Å². The van der Waals surface area contributed by atoms with Gasteiger partial charge in [-0.2, -0.15) is 0 Å². The van der Waals surface area contributed by atoms with Crippen LogP contribution in [0.15, 0.2) is 53.4 Å². The van der Waals surface area contributed by atoms with Crippen LogP contribution in [0.4, 0.5) is 0 Å². The van der Waals surface area contributed by atoms with E-state index in [1.165, 1.54) is 16.0 Å². The average Bonchev–Trinajstić information content (AvgIpc) is 3.18. The molecule has 1 aliphatic carbocycles. The van der Waals surface area contributed by atoms with Crippen LogP contribution in [0.5, 0.6) is 0 Å². The summed E-state index contributed by atoms with van der Waals surface area (Å²) >= 11 is 7.94. The third-order valence-corrected chi connectivity index (χ3v) is 4.88. The number of hydrogen-bond donors (Lipinski definition) is 1. The van der Waals surface area contributed by atoms with Gasteiger partial charge in [-0.3, -0.25) is 0 Å². The molecule has 1 aliphatic rings. The minimum atomic E-state index is -0.135. The highest BCUT2D eigenvalue weighted by molar-refractivity contribution is 7.98. The van der Waals surface area contributed by atoms with Gasteiger partial charge >= 0.3 is 0 Å². The number of rotatable bonds is 4. The molecule has 0 aromatic heterocycles. The van der Waals surface area contributed by atoms with Crippen molar-refractivity contribution in [3.8, 4) is 0 Å². The first-order valence-electron chi connectivity index (χ1n) is 6.43. The molecule has 0 saturated heterocycles. The summed E-state index contributed by atoms with van der Waals surface area (Å²) < 4.78 is 0. The molecule has 2 aromatic carbocycles. The van der Waals surface area contributed by atoms with Crippen LogP contribution in [0.25, 0.3) is 0 Å². The lowest BCUT2D eigenvalue weighted by Crippen LogP contribution is -2.19. The maximum Gasteiger partial charge on any atom is 0.0422 e. The number of benzene rings is 2. The highest BCUT2D eigenvalue weighted by Gasteiger charge is 2.41. The van der Waals surface area contributed by atoms with Crippen LogP contribution in [0.3, 0.4) is 0 Å². The van der Waals surface area contributed by atoms with Gasteiger partial charge in [-0.05, 0) is 42.2 Å². The topological polar surface area (TPSA) is 26.0 Å². The number of thioether (sulfide) groups is 1. The molecule has 0 atom stereocenters. The molecule has 0 bridgehead atoms. The molecule has 19 heavy (non-hydrogen) atoms. The van der Waals surface area contributed by atoms with Gasteiger partial charge in [0.1, 0.15) is 0 Å². The Labute approximate surface area is 123 Å². The van der Waals surface area contributed by atoms with Gasteiger partial charge in [0.05, 0.1) is 0 Å². The molecule has 98 valence electrons. The van der Waals surface area contributed by atoms with Crippen LogP contribution in [0.2, 0.25) is 5.02 Å². The summed E-state index contributed by atoms with van der Waals surface area (Å²) in [7, 11) is 0. The first-order chi connectivity index (χ1) is 9.17. The fraction of sp³-hybridized carbons (Fsp3) is 0.250. The first kappa shape index (κ1) is 13.0. The Morgan fingerprint density at radius 3 is 2.53 bits per heavy atom. The minimum Gasteiger partial charge on any atom is -0.321 e. The predicted molar refractivity (Wildman–Crippen MR) is 82.6 cm³/mol.